The fourth-order valence-electron chi connectivity index (χ4n) is 3.58. The highest BCUT2D eigenvalue weighted by Gasteiger charge is 2.52. The number of rotatable bonds is 3. The van der Waals surface area contributed by atoms with Gasteiger partial charge in [0.25, 0.3) is 5.91 Å². The average Bonchev–Trinajstić information content (AvgIpc) is 3.04. The molecule has 3 rings (SSSR count). The van der Waals surface area contributed by atoms with E-state index >= 15 is 0 Å². The molecule has 10 nitrogen and oxygen atoms in total. The summed E-state index contributed by atoms with van der Waals surface area (Å²) >= 11 is 0. The number of amides is 2. The van der Waals surface area contributed by atoms with E-state index in [-0.39, 0.29) is 18.1 Å². The minimum Gasteiger partial charge on any atom is -0.387 e. The Hall–Kier alpha value is -2.04. The second-order valence-corrected chi connectivity index (χ2v) is 7.18. The van der Waals surface area contributed by atoms with Crippen LogP contribution < -0.4 is 5.32 Å². The molecule has 3 N–H and O–H groups in total. The third kappa shape index (κ3) is 3.44. The van der Waals surface area contributed by atoms with Gasteiger partial charge >= 0.3 is 0 Å². The number of carbonyl (C=O) groups excluding carboxylic acids is 2. The molecule has 0 aromatic carbocycles. The van der Waals surface area contributed by atoms with E-state index in [0.29, 0.717) is 44.7 Å². The first kappa shape index (κ1) is 18.7. The van der Waals surface area contributed by atoms with Gasteiger partial charge in [0.15, 0.2) is 5.69 Å². The van der Waals surface area contributed by atoms with Crippen LogP contribution in [0.4, 0.5) is 0 Å². The molecular weight excluding hydrogens is 344 g/mol. The van der Waals surface area contributed by atoms with Crippen molar-refractivity contribution in [3.63, 3.8) is 0 Å². The van der Waals surface area contributed by atoms with Crippen molar-refractivity contribution in [2.45, 2.75) is 50.4 Å². The van der Waals surface area contributed by atoms with Gasteiger partial charge in [-0.3, -0.25) is 9.59 Å². The van der Waals surface area contributed by atoms with E-state index in [1.165, 1.54) is 0 Å². The normalized spacial score (nSPS) is 28.2. The third-order valence-electron chi connectivity index (χ3n) is 5.32. The van der Waals surface area contributed by atoms with Crippen LogP contribution in [-0.2, 0) is 9.53 Å². The van der Waals surface area contributed by atoms with Crippen LogP contribution in [-0.4, -0.2) is 80.8 Å². The summed E-state index contributed by atoms with van der Waals surface area (Å²) in [7, 11) is 0. The fourth-order valence-corrected chi connectivity index (χ4v) is 3.58. The van der Waals surface area contributed by atoms with Crippen molar-refractivity contribution in [1.29, 1.82) is 0 Å². The Morgan fingerprint density at radius 2 is 2.00 bits per heavy atom. The maximum Gasteiger partial charge on any atom is 0.275 e. The van der Waals surface area contributed by atoms with Crippen LogP contribution in [0.25, 0.3) is 0 Å². The van der Waals surface area contributed by atoms with Gasteiger partial charge in [-0.25, -0.2) is 4.63 Å². The summed E-state index contributed by atoms with van der Waals surface area (Å²) in [5.74, 6) is -0.757. The van der Waals surface area contributed by atoms with Crippen LogP contribution in [0.2, 0.25) is 0 Å². The van der Waals surface area contributed by atoms with Gasteiger partial charge in [-0.1, -0.05) is 5.16 Å². The minimum atomic E-state index is -1.19. The number of ether oxygens (including phenoxy) is 1. The molecule has 26 heavy (non-hydrogen) atoms. The maximum atomic E-state index is 12.3. The lowest BCUT2D eigenvalue weighted by molar-refractivity contribution is -0.245. The highest BCUT2D eigenvalue weighted by Crippen LogP contribution is 2.39. The van der Waals surface area contributed by atoms with Crippen LogP contribution in [0.5, 0.6) is 0 Å². The molecular formula is C16H24N4O6. The average molecular weight is 368 g/mol. The van der Waals surface area contributed by atoms with Gasteiger partial charge in [0.1, 0.15) is 17.4 Å². The standard InChI is InChI=1S/C16H24N4O6/c1-10-12(19-26-18-10)13(22)17-9-11(21)20-6-3-16(4-7-20)14(23)15(2,24)5-8-25-16/h14,23-24H,3-9H2,1-2H3,(H,17,22)/t14-,15+/m0/s1. The smallest absolute Gasteiger partial charge is 0.275 e. The third-order valence-corrected chi connectivity index (χ3v) is 5.32. The summed E-state index contributed by atoms with van der Waals surface area (Å²) in [6, 6.07) is 0. The number of carbonyl (C=O) groups is 2. The predicted molar refractivity (Wildman–Crippen MR) is 87.1 cm³/mol. The van der Waals surface area contributed by atoms with E-state index in [0.717, 1.165) is 0 Å². The van der Waals surface area contributed by atoms with Gasteiger partial charge in [0.2, 0.25) is 5.91 Å². The van der Waals surface area contributed by atoms with Gasteiger partial charge in [0.05, 0.1) is 18.8 Å². The Bertz CT molecular complexity index is 680. The Labute approximate surface area is 150 Å². The molecule has 0 aliphatic carbocycles. The Morgan fingerprint density at radius 3 is 2.62 bits per heavy atom. The molecule has 0 radical (unpaired) electrons. The SMILES string of the molecule is Cc1nonc1C(=O)NCC(=O)N1CCC2(CC1)OCC[C@@](C)(O)[C@@H]2O. The summed E-state index contributed by atoms with van der Waals surface area (Å²) in [6.07, 6.45) is 0.233. The van der Waals surface area contributed by atoms with Crippen molar-refractivity contribution in [2.75, 3.05) is 26.2 Å². The topological polar surface area (TPSA) is 138 Å². The monoisotopic (exact) mass is 368 g/mol. The summed E-state index contributed by atoms with van der Waals surface area (Å²) in [5, 5.41) is 30.3. The summed E-state index contributed by atoms with van der Waals surface area (Å²) in [5.41, 5.74) is -1.62. The lowest BCUT2D eigenvalue weighted by Gasteiger charge is -2.51. The molecule has 3 heterocycles. The lowest BCUT2D eigenvalue weighted by atomic mass is 9.75. The van der Waals surface area contributed by atoms with Crippen LogP contribution >= 0.6 is 0 Å². The number of hydrogen-bond acceptors (Lipinski definition) is 8. The number of aromatic nitrogens is 2. The summed E-state index contributed by atoms with van der Waals surface area (Å²) < 4.78 is 10.3. The fraction of sp³-hybridized carbons (Fsp3) is 0.750. The molecule has 2 atom stereocenters. The van der Waals surface area contributed by atoms with E-state index < -0.39 is 23.2 Å². The van der Waals surface area contributed by atoms with Crippen molar-refractivity contribution in [1.82, 2.24) is 20.5 Å². The summed E-state index contributed by atoms with van der Waals surface area (Å²) in [6.45, 7) is 4.16. The number of nitrogens with one attached hydrogen (secondary N) is 1. The van der Waals surface area contributed by atoms with Crippen LogP contribution in [0.15, 0.2) is 4.63 Å². The maximum absolute atomic E-state index is 12.3. The Morgan fingerprint density at radius 1 is 1.31 bits per heavy atom. The highest BCUT2D eigenvalue weighted by molar-refractivity contribution is 5.95. The lowest BCUT2D eigenvalue weighted by Crippen LogP contribution is -2.64. The van der Waals surface area contributed by atoms with Gasteiger partial charge in [0, 0.05) is 19.5 Å². The molecule has 0 saturated carbocycles. The molecule has 1 spiro atoms. The van der Waals surface area contributed by atoms with Crippen LogP contribution in [0, 0.1) is 6.92 Å². The number of piperidine rings is 1. The molecule has 2 aliphatic heterocycles. The number of aliphatic hydroxyl groups is 2. The summed E-state index contributed by atoms with van der Waals surface area (Å²) in [4.78, 5) is 25.9. The van der Waals surface area contributed by atoms with E-state index in [1.54, 1.807) is 18.7 Å². The molecule has 2 fully saturated rings. The largest absolute Gasteiger partial charge is 0.387 e. The first-order valence-corrected chi connectivity index (χ1v) is 8.65. The number of aliphatic hydroxyl groups excluding tert-OH is 1. The van der Waals surface area contributed by atoms with E-state index in [1.807, 2.05) is 0 Å². The molecule has 10 heteroatoms. The molecule has 2 aliphatic rings. The predicted octanol–water partition coefficient (Wildman–Crippen LogP) is -0.999. The first-order valence-electron chi connectivity index (χ1n) is 8.65. The van der Waals surface area contributed by atoms with Crippen molar-refractivity contribution in [3.05, 3.63) is 11.4 Å². The van der Waals surface area contributed by atoms with Gasteiger partial charge in [-0.05, 0) is 31.8 Å². The van der Waals surface area contributed by atoms with Crippen molar-refractivity contribution >= 4 is 11.8 Å². The number of likely N-dealkylation sites (tertiary alicyclic amines) is 1. The zero-order valence-corrected chi connectivity index (χ0v) is 14.9. The second kappa shape index (κ2) is 6.93. The zero-order valence-electron chi connectivity index (χ0n) is 14.9. The molecule has 144 valence electrons. The van der Waals surface area contributed by atoms with Crippen molar-refractivity contribution in [2.24, 2.45) is 0 Å². The van der Waals surface area contributed by atoms with Gasteiger partial charge in [-0.2, -0.15) is 0 Å². The molecule has 2 saturated heterocycles. The number of hydrogen-bond donors (Lipinski definition) is 3. The number of aryl methyl sites for hydroxylation is 1. The number of nitrogens with zero attached hydrogens (tertiary/aromatic N) is 3. The second-order valence-electron chi connectivity index (χ2n) is 7.18. The highest BCUT2D eigenvalue weighted by atomic mass is 16.6. The molecule has 0 unspecified atom stereocenters. The van der Waals surface area contributed by atoms with E-state index in [9.17, 15) is 19.8 Å². The van der Waals surface area contributed by atoms with Gasteiger partial charge < -0.3 is 25.2 Å². The Balaban J connectivity index is 1.52. The van der Waals surface area contributed by atoms with Crippen LogP contribution in [0.1, 0.15) is 42.4 Å². The first-order chi connectivity index (χ1) is 12.3. The quantitative estimate of drug-likeness (QED) is 0.618. The van der Waals surface area contributed by atoms with Crippen LogP contribution in [0.3, 0.4) is 0 Å². The van der Waals surface area contributed by atoms with Crippen molar-refractivity contribution < 1.29 is 29.2 Å². The minimum absolute atomic E-state index is 0.0522. The Kier molecular flexibility index (Phi) is 5.00. The molecule has 1 aromatic heterocycles. The van der Waals surface area contributed by atoms with Crippen molar-refractivity contribution in [3.8, 4) is 0 Å². The molecule has 1 aromatic rings. The van der Waals surface area contributed by atoms with E-state index in [4.69, 9.17) is 4.74 Å². The molecule has 2 amide bonds. The molecule has 0 bridgehead atoms. The zero-order chi connectivity index (χ0) is 18.9. The van der Waals surface area contributed by atoms with E-state index in [2.05, 4.69) is 20.3 Å². The van der Waals surface area contributed by atoms with Gasteiger partial charge in [-0.15, -0.1) is 0 Å².